The van der Waals surface area contributed by atoms with Gasteiger partial charge in [-0.3, -0.25) is 4.79 Å². The maximum Gasteiger partial charge on any atom is 0.225 e. The Labute approximate surface area is 143 Å². The number of likely N-dealkylation sites (tertiary alicyclic amines) is 1. The monoisotopic (exact) mass is 324 g/mol. The third-order valence-electron chi connectivity index (χ3n) is 4.24. The molecule has 0 aromatic heterocycles. The summed E-state index contributed by atoms with van der Waals surface area (Å²) in [4.78, 5) is 14.3. The van der Waals surface area contributed by atoms with Gasteiger partial charge in [0, 0.05) is 18.7 Å². The Bertz CT molecular complexity index is 634. The van der Waals surface area contributed by atoms with Gasteiger partial charge < -0.3 is 15.0 Å². The largest absolute Gasteiger partial charge is 0.489 e. The molecule has 1 saturated heterocycles. The average molecular weight is 324 g/mol. The van der Waals surface area contributed by atoms with Crippen molar-refractivity contribution in [2.45, 2.75) is 25.9 Å². The minimum Gasteiger partial charge on any atom is -0.489 e. The summed E-state index contributed by atoms with van der Waals surface area (Å²) in [5, 5.41) is 2.95. The van der Waals surface area contributed by atoms with Gasteiger partial charge in [-0.2, -0.15) is 0 Å². The maximum absolute atomic E-state index is 12.0. The lowest BCUT2D eigenvalue weighted by molar-refractivity contribution is -0.116. The summed E-state index contributed by atoms with van der Waals surface area (Å²) in [6.07, 6.45) is 3.06. The first-order valence-electron chi connectivity index (χ1n) is 8.58. The minimum atomic E-state index is 0.0693. The molecule has 1 aliphatic heterocycles. The van der Waals surface area contributed by atoms with Gasteiger partial charge in [-0.1, -0.05) is 30.3 Å². The van der Waals surface area contributed by atoms with E-state index in [1.165, 1.54) is 12.8 Å². The topological polar surface area (TPSA) is 41.6 Å². The molecule has 0 spiro atoms. The number of amides is 1. The van der Waals surface area contributed by atoms with Crippen LogP contribution in [0.25, 0.3) is 0 Å². The predicted molar refractivity (Wildman–Crippen MR) is 96.1 cm³/mol. The maximum atomic E-state index is 12.0. The molecule has 1 aliphatic rings. The molecule has 0 unspecified atom stereocenters. The third-order valence-corrected chi connectivity index (χ3v) is 4.24. The Morgan fingerprint density at radius 1 is 1.00 bits per heavy atom. The van der Waals surface area contributed by atoms with Crippen molar-refractivity contribution in [1.82, 2.24) is 4.90 Å². The lowest BCUT2D eigenvalue weighted by atomic mass is 10.2. The molecule has 126 valence electrons. The number of hydrogen-bond acceptors (Lipinski definition) is 3. The summed E-state index contributed by atoms with van der Waals surface area (Å²) < 4.78 is 5.75. The van der Waals surface area contributed by atoms with Crippen molar-refractivity contribution >= 4 is 11.6 Å². The van der Waals surface area contributed by atoms with Gasteiger partial charge in [-0.15, -0.1) is 0 Å². The van der Waals surface area contributed by atoms with E-state index in [2.05, 4.69) is 10.2 Å². The van der Waals surface area contributed by atoms with E-state index in [1.54, 1.807) is 0 Å². The number of rotatable bonds is 7. The van der Waals surface area contributed by atoms with Crippen molar-refractivity contribution in [3.63, 3.8) is 0 Å². The fraction of sp³-hybridized carbons (Fsp3) is 0.350. The summed E-state index contributed by atoms with van der Waals surface area (Å²) in [5.74, 6) is 0.869. The molecule has 24 heavy (non-hydrogen) atoms. The number of anilines is 1. The van der Waals surface area contributed by atoms with E-state index < -0.39 is 0 Å². The standard InChI is InChI=1S/C20H24N2O2/c23-20(12-15-22-13-4-5-14-22)21-18-8-10-19(11-9-18)24-16-17-6-2-1-3-7-17/h1-3,6-11H,4-5,12-16H2,(H,21,23). The lowest BCUT2D eigenvalue weighted by Gasteiger charge is -2.14. The highest BCUT2D eigenvalue weighted by molar-refractivity contribution is 5.90. The summed E-state index contributed by atoms with van der Waals surface area (Å²) in [5.41, 5.74) is 1.95. The zero-order chi connectivity index (χ0) is 16.6. The van der Waals surface area contributed by atoms with Gasteiger partial charge in [0.2, 0.25) is 5.91 Å². The lowest BCUT2D eigenvalue weighted by Crippen LogP contribution is -2.25. The number of carbonyl (C=O) groups is 1. The molecule has 0 bridgehead atoms. The van der Waals surface area contributed by atoms with Crippen LogP contribution in [0, 0.1) is 0 Å². The molecule has 0 saturated carbocycles. The second kappa shape index (κ2) is 8.50. The van der Waals surface area contributed by atoms with Crippen molar-refractivity contribution < 1.29 is 9.53 Å². The highest BCUT2D eigenvalue weighted by Gasteiger charge is 2.12. The third kappa shape index (κ3) is 5.10. The highest BCUT2D eigenvalue weighted by Crippen LogP contribution is 2.17. The van der Waals surface area contributed by atoms with E-state index in [1.807, 2.05) is 54.6 Å². The first kappa shape index (κ1) is 16.5. The summed E-state index contributed by atoms with van der Waals surface area (Å²) >= 11 is 0. The molecule has 0 radical (unpaired) electrons. The number of benzene rings is 2. The molecule has 3 rings (SSSR count). The van der Waals surface area contributed by atoms with E-state index in [0.29, 0.717) is 13.0 Å². The van der Waals surface area contributed by atoms with Crippen LogP contribution in [0.4, 0.5) is 5.69 Å². The summed E-state index contributed by atoms with van der Waals surface area (Å²) in [6, 6.07) is 17.6. The van der Waals surface area contributed by atoms with Crippen LogP contribution in [0.2, 0.25) is 0 Å². The van der Waals surface area contributed by atoms with E-state index >= 15 is 0 Å². The fourth-order valence-corrected chi connectivity index (χ4v) is 2.86. The fourth-order valence-electron chi connectivity index (χ4n) is 2.86. The van der Waals surface area contributed by atoms with Gasteiger partial charge >= 0.3 is 0 Å². The number of nitrogens with zero attached hydrogens (tertiary/aromatic N) is 1. The minimum absolute atomic E-state index is 0.0693. The van der Waals surface area contributed by atoms with E-state index in [4.69, 9.17) is 4.74 Å². The van der Waals surface area contributed by atoms with Gasteiger partial charge in [-0.05, 0) is 55.8 Å². The van der Waals surface area contributed by atoms with Crippen LogP contribution >= 0.6 is 0 Å². The summed E-state index contributed by atoms with van der Waals surface area (Å²) in [6.45, 7) is 3.65. The zero-order valence-corrected chi connectivity index (χ0v) is 13.9. The van der Waals surface area contributed by atoms with Crippen molar-refractivity contribution in [1.29, 1.82) is 0 Å². The molecule has 1 fully saturated rings. The number of hydrogen-bond donors (Lipinski definition) is 1. The second-order valence-electron chi connectivity index (χ2n) is 6.15. The number of carbonyl (C=O) groups excluding carboxylic acids is 1. The molecule has 0 atom stereocenters. The quantitative estimate of drug-likeness (QED) is 0.844. The van der Waals surface area contributed by atoms with E-state index in [-0.39, 0.29) is 5.91 Å². The van der Waals surface area contributed by atoms with Crippen LogP contribution in [-0.2, 0) is 11.4 Å². The molecule has 1 heterocycles. The normalized spacial score (nSPS) is 14.5. The predicted octanol–water partition coefficient (Wildman–Crippen LogP) is 3.69. The molecule has 1 N–H and O–H groups in total. The first-order valence-corrected chi connectivity index (χ1v) is 8.58. The Balaban J connectivity index is 1.42. The Morgan fingerprint density at radius 3 is 2.42 bits per heavy atom. The van der Waals surface area contributed by atoms with Gasteiger partial charge in [-0.25, -0.2) is 0 Å². The van der Waals surface area contributed by atoms with Crippen LogP contribution < -0.4 is 10.1 Å². The van der Waals surface area contributed by atoms with Crippen molar-refractivity contribution in [2.24, 2.45) is 0 Å². The molecule has 0 aliphatic carbocycles. The molecule has 1 amide bonds. The molecule has 4 heteroatoms. The van der Waals surface area contributed by atoms with Gasteiger partial charge in [0.1, 0.15) is 12.4 Å². The highest BCUT2D eigenvalue weighted by atomic mass is 16.5. The summed E-state index contributed by atoms with van der Waals surface area (Å²) in [7, 11) is 0. The van der Waals surface area contributed by atoms with Crippen molar-refractivity contribution in [3.05, 3.63) is 60.2 Å². The average Bonchev–Trinajstić information content (AvgIpc) is 3.14. The second-order valence-corrected chi connectivity index (χ2v) is 6.15. The molecule has 2 aromatic carbocycles. The van der Waals surface area contributed by atoms with Gasteiger partial charge in [0.15, 0.2) is 0 Å². The Morgan fingerprint density at radius 2 is 1.71 bits per heavy atom. The smallest absolute Gasteiger partial charge is 0.225 e. The molecule has 2 aromatic rings. The number of nitrogens with one attached hydrogen (secondary N) is 1. The molecular weight excluding hydrogens is 300 g/mol. The SMILES string of the molecule is O=C(CCN1CCCC1)Nc1ccc(OCc2ccccc2)cc1. The molecule has 4 nitrogen and oxygen atoms in total. The van der Waals surface area contributed by atoms with Crippen molar-refractivity contribution in [2.75, 3.05) is 25.0 Å². The number of ether oxygens (including phenoxy) is 1. The van der Waals surface area contributed by atoms with Crippen LogP contribution in [0.3, 0.4) is 0 Å². The Hall–Kier alpha value is -2.33. The zero-order valence-electron chi connectivity index (χ0n) is 13.9. The van der Waals surface area contributed by atoms with Crippen LogP contribution in [-0.4, -0.2) is 30.4 Å². The Kier molecular flexibility index (Phi) is 5.85. The molecular formula is C20H24N2O2. The van der Waals surface area contributed by atoms with Crippen LogP contribution in [0.1, 0.15) is 24.8 Å². The van der Waals surface area contributed by atoms with E-state index in [9.17, 15) is 4.79 Å². The van der Waals surface area contributed by atoms with Crippen LogP contribution in [0.15, 0.2) is 54.6 Å². The van der Waals surface area contributed by atoms with Gasteiger partial charge in [0.25, 0.3) is 0 Å². The van der Waals surface area contributed by atoms with E-state index in [0.717, 1.165) is 36.6 Å². The van der Waals surface area contributed by atoms with Crippen LogP contribution in [0.5, 0.6) is 5.75 Å². The van der Waals surface area contributed by atoms with Gasteiger partial charge in [0.05, 0.1) is 0 Å². The first-order chi connectivity index (χ1) is 11.8. The van der Waals surface area contributed by atoms with Crippen molar-refractivity contribution in [3.8, 4) is 5.75 Å².